The Morgan fingerprint density at radius 1 is 0.541 bits per heavy atom. The molecule has 0 fully saturated rings. The molecule has 5 aromatic carbocycles. The Kier molecular flexibility index (Phi) is 5.02. The molecule has 2 aromatic heterocycles. The first-order valence-corrected chi connectivity index (χ1v) is 12.9. The van der Waals surface area contributed by atoms with Crippen molar-refractivity contribution in [3.8, 4) is 39.0 Å². The third-order valence-electron chi connectivity index (χ3n) is 6.70. The van der Waals surface area contributed by atoms with Gasteiger partial charge in [0.25, 0.3) is 0 Å². The van der Waals surface area contributed by atoms with E-state index in [0.717, 1.165) is 59.5 Å². The van der Waals surface area contributed by atoms with Crippen LogP contribution in [0.3, 0.4) is 0 Å². The number of hydrogen-bond acceptors (Lipinski definition) is 4. The van der Waals surface area contributed by atoms with E-state index in [2.05, 4.69) is 84.9 Å². The summed E-state index contributed by atoms with van der Waals surface area (Å²) < 4.78 is 1.14. The van der Waals surface area contributed by atoms with E-state index in [-0.39, 0.29) is 0 Å². The van der Waals surface area contributed by atoms with Crippen LogP contribution < -0.4 is 0 Å². The molecule has 7 rings (SSSR count). The van der Waals surface area contributed by atoms with Crippen LogP contribution in [0.5, 0.6) is 0 Å². The lowest BCUT2D eigenvalue weighted by atomic mass is 9.96. The van der Waals surface area contributed by atoms with Gasteiger partial charge in [-0.15, -0.1) is 11.3 Å². The number of nitriles is 1. The maximum absolute atomic E-state index is 9.72. The number of aromatic nitrogens is 2. The van der Waals surface area contributed by atoms with E-state index in [1.807, 2.05) is 36.4 Å². The molecule has 37 heavy (non-hydrogen) atoms. The fourth-order valence-electron chi connectivity index (χ4n) is 4.92. The highest BCUT2D eigenvalue weighted by Gasteiger charge is 2.12. The van der Waals surface area contributed by atoms with Gasteiger partial charge in [-0.05, 0) is 52.9 Å². The van der Waals surface area contributed by atoms with Crippen LogP contribution in [0.1, 0.15) is 5.56 Å². The minimum absolute atomic E-state index is 0.623. The van der Waals surface area contributed by atoms with E-state index in [1.165, 1.54) is 5.39 Å². The number of nitrogens with zero attached hydrogens (tertiary/aromatic N) is 3. The van der Waals surface area contributed by atoms with Crippen molar-refractivity contribution >= 4 is 43.2 Å². The molecule has 0 saturated carbocycles. The summed E-state index contributed by atoms with van der Waals surface area (Å²) in [5.41, 5.74) is 7.63. The molecule has 0 radical (unpaired) electrons. The largest absolute Gasteiger partial charge is 0.247 e. The van der Waals surface area contributed by atoms with Gasteiger partial charge in [0.15, 0.2) is 0 Å². The fourth-order valence-corrected chi connectivity index (χ4v) is 5.88. The molecule has 0 aliphatic carbocycles. The third-order valence-corrected chi connectivity index (χ3v) is 7.79. The molecule has 172 valence electrons. The van der Waals surface area contributed by atoms with Crippen LogP contribution in [0.4, 0.5) is 0 Å². The Bertz CT molecular complexity index is 1960. The van der Waals surface area contributed by atoms with E-state index in [1.54, 1.807) is 11.3 Å². The monoisotopic (exact) mass is 489 g/mol. The summed E-state index contributed by atoms with van der Waals surface area (Å²) in [5.74, 6) is 0. The Morgan fingerprint density at radius 2 is 1.19 bits per heavy atom. The molecule has 0 bridgehead atoms. The van der Waals surface area contributed by atoms with Crippen molar-refractivity contribution in [2.24, 2.45) is 0 Å². The average molecular weight is 490 g/mol. The molecular weight excluding hydrogens is 470 g/mol. The van der Waals surface area contributed by atoms with Gasteiger partial charge in [-0.2, -0.15) is 5.26 Å². The number of hydrogen-bond donors (Lipinski definition) is 0. The summed E-state index contributed by atoms with van der Waals surface area (Å²) in [6, 6.07) is 41.6. The average Bonchev–Trinajstić information content (AvgIpc) is 3.41. The predicted octanol–water partition coefficient (Wildman–Crippen LogP) is 8.87. The smallest absolute Gasteiger partial charge is 0.124 e. The van der Waals surface area contributed by atoms with Gasteiger partial charge in [0, 0.05) is 21.9 Å². The second-order valence-corrected chi connectivity index (χ2v) is 10.0. The van der Waals surface area contributed by atoms with Crippen molar-refractivity contribution < 1.29 is 0 Å². The molecule has 0 spiro atoms. The minimum Gasteiger partial charge on any atom is -0.247 e. The van der Waals surface area contributed by atoms with Crippen LogP contribution in [-0.2, 0) is 0 Å². The number of thiazole rings is 1. The first kappa shape index (κ1) is 21.4. The lowest BCUT2D eigenvalue weighted by Gasteiger charge is -2.11. The van der Waals surface area contributed by atoms with Crippen LogP contribution in [0.2, 0.25) is 0 Å². The van der Waals surface area contributed by atoms with E-state index in [4.69, 9.17) is 9.97 Å². The molecule has 0 atom stereocenters. The molecular formula is C33H19N3S. The fraction of sp³-hybridized carbons (Fsp3) is 0. The summed E-state index contributed by atoms with van der Waals surface area (Å²) in [4.78, 5) is 9.83. The number of para-hydroxylation sites is 2. The summed E-state index contributed by atoms with van der Waals surface area (Å²) in [7, 11) is 0. The zero-order valence-electron chi connectivity index (χ0n) is 19.7. The van der Waals surface area contributed by atoms with Crippen molar-refractivity contribution in [3.63, 3.8) is 0 Å². The molecule has 3 nitrogen and oxygen atoms in total. The molecule has 0 aliphatic rings. The van der Waals surface area contributed by atoms with Gasteiger partial charge in [0.2, 0.25) is 0 Å². The summed E-state index contributed by atoms with van der Waals surface area (Å²) in [6.07, 6.45) is 0. The van der Waals surface area contributed by atoms with Crippen molar-refractivity contribution in [2.45, 2.75) is 0 Å². The van der Waals surface area contributed by atoms with Crippen LogP contribution in [0.15, 0.2) is 115 Å². The van der Waals surface area contributed by atoms with Gasteiger partial charge >= 0.3 is 0 Å². The number of rotatable bonds is 3. The van der Waals surface area contributed by atoms with Crippen molar-refractivity contribution in [1.82, 2.24) is 9.97 Å². The first-order chi connectivity index (χ1) is 18.3. The molecule has 0 unspecified atom stereocenters. The molecule has 0 saturated heterocycles. The SMILES string of the molecule is N#Cc1cc(-c2ccc(-c3nc4ccccc4c4ccccc34)cc2)cc(-c2nc3ccccc3s2)c1. The van der Waals surface area contributed by atoms with E-state index in [0.29, 0.717) is 5.56 Å². The van der Waals surface area contributed by atoms with Gasteiger partial charge < -0.3 is 0 Å². The lowest BCUT2D eigenvalue weighted by Crippen LogP contribution is -1.90. The predicted molar refractivity (Wildman–Crippen MR) is 153 cm³/mol. The van der Waals surface area contributed by atoms with Gasteiger partial charge in [-0.3, -0.25) is 0 Å². The van der Waals surface area contributed by atoms with E-state index < -0.39 is 0 Å². The molecule has 7 aromatic rings. The molecule has 0 amide bonds. The number of pyridine rings is 1. The lowest BCUT2D eigenvalue weighted by molar-refractivity contribution is 1.42. The second kappa shape index (κ2) is 8.67. The quantitative estimate of drug-likeness (QED) is 0.233. The zero-order valence-corrected chi connectivity index (χ0v) is 20.5. The number of fused-ring (bicyclic) bond motifs is 4. The van der Waals surface area contributed by atoms with Gasteiger partial charge in [0.1, 0.15) is 5.01 Å². The van der Waals surface area contributed by atoms with E-state index >= 15 is 0 Å². The Labute approximate surface area is 217 Å². The zero-order chi connectivity index (χ0) is 24.8. The summed E-state index contributed by atoms with van der Waals surface area (Å²) >= 11 is 1.65. The summed E-state index contributed by atoms with van der Waals surface area (Å²) in [5, 5.41) is 14.1. The maximum Gasteiger partial charge on any atom is 0.124 e. The highest BCUT2D eigenvalue weighted by atomic mass is 32.1. The Hall–Kier alpha value is -4.85. The van der Waals surface area contributed by atoms with Crippen LogP contribution in [0.25, 0.3) is 64.8 Å². The van der Waals surface area contributed by atoms with Gasteiger partial charge in [-0.25, -0.2) is 9.97 Å². The second-order valence-electron chi connectivity index (χ2n) is 9.00. The van der Waals surface area contributed by atoms with Crippen LogP contribution in [-0.4, -0.2) is 9.97 Å². The normalized spacial score (nSPS) is 11.2. The van der Waals surface area contributed by atoms with Gasteiger partial charge in [-0.1, -0.05) is 78.9 Å². The summed E-state index contributed by atoms with van der Waals surface area (Å²) in [6.45, 7) is 0. The molecule has 4 heteroatoms. The first-order valence-electron chi connectivity index (χ1n) is 12.1. The van der Waals surface area contributed by atoms with Crippen molar-refractivity contribution in [2.75, 3.05) is 0 Å². The standard InChI is InChI=1S/C33H19N3S/c34-20-21-17-24(19-25(18-21)33-36-30-11-5-6-12-31(30)37-33)22-13-15-23(16-14-22)32-28-9-2-1-7-26(28)27-8-3-4-10-29(27)35-32/h1-19H. The highest BCUT2D eigenvalue weighted by molar-refractivity contribution is 7.21. The minimum atomic E-state index is 0.623. The molecule has 0 N–H and O–H groups in total. The Balaban J connectivity index is 1.33. The Morgan fingerprint density at radius 3 is 1.97 bits per heavy atom. The maximum atomic E-state index is 9.72. The van der Waals surface area contributed by atoms with Crippen LogP contribution in [0, 0.1) is 11.3 Å². The van der Waals surface area contributed by atoms with Crippen molar-refractivity contribution in [1.29, 1.82) is 5.26 Å². The molecule has 2 heterocycles. The van der Waals surface area contributed by atoms with Crippen molar-refractivity contribution in [3.05, 3.63) is 121 Å². The molecule has 0 aliphatic heterocycles. The highest BCUT2D eigenvalue weighted by Crippen LogP contribution is 2.36. The van der Waals surface area contributed by atoms with Gasteiger partial charge in [0.05, 0.1) is 33.1 Å². The van der Waals surface area contributed by atoms with E-state index in [9.17, 15) is 5.26 Å². The topological polar surface area (TPSA) is 49.6 Å². The van der Waals surface area contributed by atoms with Crippen LogP contribution >= 0.6 is 11.3 Å². The third kappa shape index (κ3) is 3.74. The number of benzene rings is 5.